The number of hydrogen-bond acceptors (Lipinski definition) is 3. The number of hydrogen-bond donors (Lipinski definition) is 1. The van der Waals surface area contributed by atoms with E-state index in [0.717, 1.165) is 36.6 Å². The van der Waals surface area contributed by atoms with Gasteiger partial charge in [-0.25, -0.2) is 0 Å². The van der Waals surface area contributed by atoms with Gasteiger partial charge in [0.1, 0.15) is 5.75 Å². The van der Waals surface area contributed by atoms with E-state index in [1.165, 1.54) is 37.1 Å². The monoisotopic (exact) mass is 394 g/mol. The number of nitrogens with one attached hydrogen (secondary N) is 1. The van der Waals surface area contributed by atoms with Gasteiger partial charge < -0.3 is 10.1 Å². The van der Waals surface area contributed by atoms with E-state index in [1.807, 2.05) is 37.3 Å². The highest BCUT2D eigenvalue weighted by atomic mass is 16.5. The van der Waals surface area contributed by atoms with Gasteiger partial charge >= 0.3 is 0 Å². The second-order valence-electron chi connectivity index (χ2n) is 8.08. The molecule has 0 radical (unpaired) electrons. The molecule has 4 nitrogen and oxygen atoms in total. The third kappa shape index (κ3) is 6.60. The topological polar surface area (TPSA) is 41.6 Å². The number of rotatable bonds is 9. The molecule has 1 saturated heterocycles. The molecule has 1 heterocycles. The fourth-order valence-corrected chi connectivity index (χ4v) is 4.04. The van der Waals surface area contributed by atoms with Gasteiger partial charge in [0.25, 0.3) is 5.91 Å². The molecule has 2 aromatic rings. The quantitative estimate of drug-likeness (QED) is 0.628. The molecule has 1 amide bonds. The van der Waals surface area contributed by atoms with Crippen molar-refractivity contribution in [2.24, 2.45) is 5.92 Å². The summed E-state index contributed by atoms with van der Waals surface area (Å²) in [5, 5.41) is 3.04. The molecule has 3 rings (SSSR count). The lowest BCUT2D eigenvalue weighted by molar-refractivity contribution is 0.0953. The molecule has 0 saturated carbocycles. The van der Waals surface area contributed by atoms with E-state index in [9.17, 15) is 4.79 Å². The predicted octanol–water partition coefficient (Wildman–Crippen LogP) is 4.68. The Kier molecular flexibility index (Phi) is 8.12. The first-order valence-corrected chi connectivity index (χ1v) is 11.0. The van der Waals surface area contributed by atoms with Crippen LogP contribution in [-0.2, 0) is 13.0 Å². The largest absolute Gasteiger partial charge is 0.494 e. The number of amides is 1. The number of piperidine rings is 1. The molecule has 0 aliphatic carbocycles. The minimum Gasteiger partial charge on any atom is -0.494 e. The Morgan fingerprint density at radius 3 is 2.72 bits per heavy atom. The smallest absolute Gasteiger partial charge is 0.251 e. The van der Waals surface area contributed by atoms with Crippen molar-refractivity contribution in [3.63, 3.8) is 0 Å². The standard InChI is InChI=1S/C25H34N2O2/c1-3-29-24-11-5-4-9-22(24)10-6-16-26-25(28)23-14-12-21(13-15-23)19-27-17-7-8-20(2)18-27/h4-5,9,11-15,20H,3,6-8,10,16-19H2,1-2H3,(H,26,28)/t20-/m1/s1. The summed E-state index contributed by atoms with van der Waals surface area (Å²) in [6.45, 7) is 8.98. The maximum absolute atomic E-state index is 12.4. The van der Waals surface area contributed by atoms with Gasteiger partial charge in [-0.05, 0) is 74.4 Å². The molecule has 1 N–H and O–H groups in total. The highest BCUT2D eigenvalue weighted by molar-refractivity contribution is 5.94. The van der Waals surface area contributed by atoms with Crippen molar-refractivity contribution < 1.29 is 9.53 Å². The molecule has 0 spiro atoms. The minimum absolute atomic E-state index is 0.00115. The van der Waals surface area contributed by atoms with Crippen LogP contribution in [0.3, 0.4) is 0 Å². The molecular formula is C25H34N2O2. The average molecular weight is 395 g/mol. The van der Waals surface area contributed by atoms with Crippen molar-refractivity contribution in [2.45, 2.75) is 46.1 Å². The molecule has 1 fully saturated rings. The normalized spacial score (nSPS) is 17.1. The number of aryl methyl sites for hydroxylation is 1. The lowest BCUT2D eigenvalue weighted by atomic mass is 9.99. The Bertz CT molecular complexity index is 773. The van der Waals surface area contributed by atoms with Crippen molar-refractivity contribution in [1.29, 1.82) is 0 Å². The van der Waals surface area contributed by atoms with E-state index in [1.54, 1.807) is 0 Å². The zero-order valence-electron chi connectivity index (χ0n) is 17.8. The van der Waals surface area contributed by atoms with Crippen LogP contribution in [0.25, 0.3) is 0 Å². The van der Waals surface area contributed by atoms with Gasteiger partial charge in [-0.1, -0.05) is 37.3 Å². The number of benzene rings is 2. The summed E-state index contributed by atoms with van der Waals surface area (Å²) in [5.41, 5.74) is 3.21. The van der Waals surface area contributed by atoms with E-state index >= 15 is 0 Å². The first kappa shape index (κ1) is 21.4. The first-order chi connectivity index (χ1) is 14.2. The van der Waals surface area contributed by atoms with Gasteiger partial charge in [-0.15, -0.1) is 0 Å². The van der Waals surface area contributed by atoms with Gasteiger partial charge in [0.05, 0.1) is 6.61 Å². The molecule has 1 aliphatic heterocycles. The second kappa shape index (κ2) is 11.0. The van der Waals surface area contributed by atoms with Crippen LogP contribution in [0.15, 0.2) is 48.5 Å². The van der Waals surface area contributed by atoms with Crippen molar-refractivity contribution >= 4 is 5.91 Å². The van der Waals surface area contributed by atoms with Crippen molar-refractivity contribution in [3.05, 3.63) is 65.2 Å². The van der Waals surface area contributed by atoms with Crippen molar-refractivity contribution in [2.75, 3.05) is 26.2 Å². The fourth-order valence-electron chi connectivity index (χ4n) is 4.04. The van der Waals surface area contributed by atoms with E-state index in [-0.39, 0.29) is 5.91 Å². The highest BCUT2D eigenvalue weighted by Gasteiger charge is 2.16. The molecule has 0 bridgehead atoms. The van der Waals surface area contributed by atoms with Crippen LogP contribution in [0, 0.1) is 5.92 Å². The Hall–Kier alpha value is -2.33. The summed E-state index contributed by atoms with van der Waals surface area (Å²) in [7, 11) is 0. The Morgan fingerprint density at radius 2 is 1.97 bits per heavy atom. The van der Waals surface area contributed by atoms with Gasteiger partial charge in [-0.3, -0.25) is 9.69 Å². The molecule has 156 valence electrons. The molecule has 0 unspecified atom stereocenters. The Labute approximate surface area is 175 Å². The highest BCUT2D eigenvalue weighted by Crippen LogP contribution is 2.20. The number of carbonyl (C=O) groups excluding carboxylic acids is 1. The van der Waals surface area contributed by atoms with Crippen LogP contribution in [0.5, 0.6) is 5.75 Å². The average Bonchev–Trinajstić information content (AvgIpc) is 2.73. The summed E-state index contributed by atoms with van der Waals surface area (Å²) in [5.74, 6) is 1.73. The van der Waals surface area contributed by atoms with Gasteiger partial charge in [0.15, 0.2) is 0 Å². The third-order valence-corrected chi connectivity index (χ3v) is 5.54. The van der Waals surface area contributed by atoms with Crippen LogP contribution in [0.2, 0.25) is 0 Å². The van der Waals surface area contributed by atoms with E-state index in [0.29, 0.717) is 13.2 Å². The van der Waals surface area contributed by atoms with Crippen molar-refractivity contribution in [1.82, 2.24) is 10.2 Å². The maximum Gasteiger partial charge on any atom is 0.251 e. The number of para-hydroxylation sites is 1. The lowest BCUT2D eigenvalue weighted by Gasteiger charge is -2.30. The lowest BCUT2D eigenvalue weighted by Crippen LogP contribution is -2.33. The van der Waals surface area contributed by atoms with Gasteiger partial charge in [-0.2, -0.15) is 0 Å². The van der Waals surface area contributed by atoms with Gasteiger partial charge in [0.2, 0.25) is 0 Å². The van der Waals surface area contributed by atoms with E-state index in [4.69, 9.17) is 4.74 Å². The number of nitrogens with zero attached hydrogens (tertiary/aromatic N) is 1. The van der Waals surface area contributed by atoms with Crippen LogP contribution in [0.4, 0.5) is 0 Å². The van der Waals surface area contributed by atoms with E-state index < -0.39 is 0 Å². The number of ether oxygens (including phenoxy) is 1. The summed E-state index contributed by atoms with van der Waals surface area (Å²) in [6, 6.07) is 16.2. The first-order valence-electron chi connectivity index (χ1n) is 11.0. The molecule has 29 heavy (non-hydrogen) atoms. The van der Waals surface area contributed by atoms with Crippen LogP contribution < -0.4 is 10.1 Å². The third-order valence-electron chi connectivity index (χ3n) is 5.54. The van der Waals surface area contributed by atoms with Crippen molar-refractivity contribution in [3.8, 4) is 5.75 Å². The summed E-state index contributed by atoms with van der Waals surface area (Å²) in [6.07, 6.45) is 4.41. The summed E-state index contributed by atoms with van der Waals surface area (Å²) in [4.78, 5) is 14.9. The van der Waals surface area contributed by atoms with Gasteiger partial charge in [0, 0.05) is 25.2 Å². The Morgan fingerprint density at radius 1 is 1.17 bits per heavy atom. The molecular weight excluding hydrogens is 360 g/mol. The summed E-state index contributed by atoms with van der Waals surface area (Å²) < 4.78 is 5.67. The zero-order valence-corrected chi connectivity index (χ0v) is 17.8. The number of likely N-dealkylation sites (tertiary alicyclic amines) is 1. The molecule has 0 aromatic heterocycles. The number of carbonyl (C=O) groups is 1. The molecule has 2 aromatic carbocycles. The second-order valence-corrected chi connectivity index (χ2v) is 8.08. The summed E-state index contributed by atoms with van der Waals surface area (Å²) >= 11 is 0. The van der Waals surface area contributed by atoms with Crippen LogP contribution >= 0.6 is 0 Å². The SMILES string of the molecule is CCOc1ccccc1CCCNC(=O)c1ccc(CN2CCC[C@@H](C)C2)cc1. The predicted molar refractivity (Wildman–Crippen MR) is 118 cm³/mol. The van der Waals surface area contributed by atoms with Crippen LogP contribution in [0.1, 0.15) is 54.6 Å². The van der Waals surface area contributed by atoms with E-state index in [2.05, 4.69) is 35.3 Å². The minimum atomic E-state index is 0.00115. The molecule has 4 heteroatoms. The zero-order chi connectivity index (χ0) is 20.5. The maximum atomic E-state index is 12.4. The molecule has 1 atom stereocenters. The fraction of sp³-hybridized carbons (Fsp3) is 0.480. The Balaban J connectivity index is 1.42. The molecule has 1 aliphatic rings. The van der Waals surface area contributed by atoms with Crippen LogP contribution in [-0.4, -0.2) is 37.0 Å².